The summed E-state index contributed by atoms with van der Waals surface area (Å²) in [7, 11) is 0. The van der Waals surface area contributed by atoms with Crippen LogP contribution in [0.15, 0.2) is 48.5 Å². The van der Waals surface area contributed by atoms with Gasteiger partial charge in [0.2, 0.25) is 11.8 Å². The smallest absolute Gasteiger partial charge is 0.368 e. The Hall–Kier alpha value is -3.36. The highest BCUT2D eigenvalue weighted by Crippen LogP contribution is 2.32. The largest absolute Gasteiger partial charge is 0.416 e. The molecule has 0 saturated carbocycles. The molecule has 0 unspecified atom stereocenters. The van der Waals surface area contributed by atoms with Gasteiger partial charge in [0.15, 0.2) is 0 Å². The molecule has 4 N–H and O–H groups in total. The third kappa shape index (κ3) is 5.57. The van der Waals surface area contributed by atoms with E-state index in [9.17, 15) is 27.6 Å². The van der Waals surface area contributed by atoms with Crippen molar-refractivity contribution in [2.75, 3.05) is 5.32 Å². The van der Waals surface area contributed by atoms with Crippen LogP contribution in [0.5, 0.6) is 0 Å². The summed E-state index contributed by atoms with van der Waals surface area (Å²) in [4.78, 5) is 35.2. The van der Waals surface area contributed by atoms with Crippen molar-refractivity contribution in [2.45, 2.75) is 25.6 Å². The number of halogens is 3. The molecule has 0 saturated heterocycles. The molecule has 6 nitrogen and oxygen atoms in total. The molecule has 2 rings (SSSR count). The number of hydrogen-bond donors (Lipinski definition) is 3. The summed E-state index contributed by atoms with van der Waals surface area (Å²) in [6.45, 7) is 1.30. The van der Waals surface area contributed by atoms with Gasteiger partial charge in [0.25, 0.3) is 5.91 Å². The van der Waals surface area contributed by atoms with Crippen LogP contribution in [0, 0.1) is 0 Å². The van der Waals surface area contributed by atoms with E-state index in [1.807, 2.05) is 0 Å². The molecule has 0 aliphatic rings. The van der Waals surface area contributed by atoms with Crippen molar-refractivity contribution in [1.82, 2.24) is 5.32 Å². The van der Waals surface area contributed by atoms with Crippen molar-refractivity contribution in [2.24, 2.45) is 5.73 Å². The molecule has 0 fully saturated rings. The molecule has 0 radical (unpaired) electrons. The first-order valence-electron chi connectivity index (χ1n) is 8.21. The maximum absolute atomic E-state index is 13.1. The minimum absolute atomic E-state index is 0.113. The summed E-state index contributed by atoms with van der Waals surface area (Å²) < 4.78 is 39.4. The second-order valence-corrected chi connectivity index (χ2v) is 6.05. The lowest BCUT2D eigenvalue weighted by Crippen LogP contribution is -2.46. The predicted molar refractivity (Wildman–Crippen MR) is 96.3 cm³/mol. The highest BCUT2D eigenvalue weighted by Gasteiger charge is 2.34. The average molecular weight is 393 g/mol. The summed E-state index contributed by atoms with van der Waals surface area (Å²) >= 11 is 0. The molecule has 9 heteroatoms. The van der Waals surface area contributed by atoms with Gasteiger partial charge in [-0.05, 0) is 29.8 Å². The molecule has 28 heavy (non-hydrogen) atoms. The number of nitrogens with one attached hydrogen (secondary N) is 2. The predicted octanol–water partition coefficient (Wildman–Crippen LogP) is 2.49. The van der Waals surface area contributed by atoms with E-state index >= 15 is 0 Å². The molecular weight excluding hydrogens is 375 g/mol. The molecule has 0 spiro atoms. The molecule has 3 amide bonds. The van der Waals surface area contributed by atoms with E-state index in [-0.39, 0.29) is 17.0 Å². The lowest BCUT2D eigenvalue weighted by atomic mass is 9.99. The number of alkyl halides is 3. The molecule has 0 heterocycles. The van der Waals surface area contributed by atoms with E-state index in [1.54, 1.807) is 6.07 Å². The number of carbonyl (C=O) groups is 3. The van der Waals surface area contributed by atoms with E-state index in [0.717, 1.165) is 6.07 Å². The van der Waals surface area contributed by atoms with Gasteiger partial charge in [-0.25, -0.2) is 0 Å². The molecule has 148 valence electrons. The first kappa shape index (κ1) is 20.9. The van der Waals surface area contributed by atoms with Gasteiger partial charge in [-0.3, -0.25) is 14.4 Å². The standard InChI is InChI=1S/C19H18F3N3O3/c1-11(26)24-14-7-4-6-13(9-14)18(28)25-16(17(23)27)10-12-5-2-3-8-15(12)19(20,21)22/h2-9,16H,10H2,1H3,(H2,23,27)(H,24,26)(H,25,28)/t16-/m0/s1. The van der Waals surface area contributed by atoms with Crippen molar-refractivity contribution < 1.29 is 27.6 Å². The van der Waals surface area contributed by atoms with Crippen molar-refractivity contribution in [3.05, 3.63) is 65.2 Å². The maximum Gasteiger partial charge on any atom is 0.416 e. The second-order valence-electron chi connectivity index (χ2n) is 6.05. The highest BCUT2D eigenvalue weighted by molar-refractivity contribution is 5.99. The Morgan fingerprint density at radius 3 is 2.36 bits per heavy atom. The summed E-state index contributed by atoms with van der Waals surface area (Å²) in [6, 6.07) is 9.29. The van der Waals surface area contributed by atoms with Crippen LogP contribution < -0.4 is 16.4 Å². The SMILES string of the molecule is CC(=O)Nc1cccc(C(=O)N[C@@H](Cc2ccccc2C(F)(F)F)C(N)=O)c1. The van der Waals surface area contributed by atoms with Crippen molar-refractivity contribution in [1.29, 1.82) is 0 Å². The van der Waals surface area contributed by atoms with Gasteiger partial charge in [-0.1, -0.05) is 24.3 Å². The fourth-order valence-corrected chi connectivity index (χ4v) is 2.60. The quantitative estimate of drug-likeness (QED) is 0.703. The minimum atomic E-state index is -4.60. The Morgan fingerprint density at radius 2 is 1.75 bits per heavy atom. The van der Waals surface area contributed by atoms with E-state index in [0.29, 0.717) is 5.69 Å². The summed E-state index contributed by atoms with van der Waals surface area (Å²) in [5.74, 6) is -2.01. The van der Waals surface area contributed by atoms with Crippen LogP contribution >= 0.6 is 0 Å². The molecular formula is C19H18F3N3O3. The summed E-state index contributed by atoms with van der Waals surface area (Å²) in [5.41, 5.74) is 4.69. The van der Waals surface area contributed by atoms with Gasteiger partial charge in [0.05, 0.1) is 5.56 Å². The number of benzene rings is 2. The lowest BCUT2D eigenvalue weighted by molar-refractivity contribution is -0.138. The molecule has 2 aromatic carbocycles. The van der Waals surface area contributed by atoms with Crippen molar-refractivity contribution >= 4 is 23.4 Å². The fraction of sp³-hybridized carbons (Fsp3) is 0.211. The normalized spacial score (nSPS) is 12.1. The van der Waals surface area contributed by atoms with Gasteiger partial charge in [0, 0.05) is 24.6 Å². The monoisotopic (exact) mass is 393 g/mol. The third-order valence-corrected chi connectivity index (χ3v) is 3.84. The number of nitrogens with two attached hydrogens (primary N) is 1. The lowest BCUT2D eigenvalue weighted by Gasteiger charge is -2.19. The van der Waals surface area contributed by atoms with E-state index in [4.69, 9.17) is 5.73 Å². The van der Waals surface area contributed by atoms with Crippen LogP contribution in [0.1, 0.15) is 28.4 Å². The zero-order chi connectivity index (χ0) is 20.9. The van der Waals surface area contributed by atoms with Crippen LogP contribution in [-0.2, 0) is 22.2 Å². The van der Waals surface area contributed by atoms with Crippen LogP contribution in [0.2, 0.25) is 0 Å². The van der Waals surface area contributed by atoms with Crippen LogP contribution in [-0.4, -0.2) is 23.8 Å². The Bertz CT molecular complexity index is 897. The van der Waals surface area contributed by atoms with E-state index in [2.05, 4.69) is 10.6 Å². The maximum atomic E-state index is 13.1. The Kier molecular flexibility index (Phi) is 6.40. The van der Waals surface area contributed by atoms with Gasteiger partial charge in [0.1, 0.15) is 6.04 Å². The summed E-state index contributed by atoms with van der Waals surface area (Å²) in [6.07, 6.45) is -5.02. The molecule has 0 aliphatic carbocycles. The number of primary amides is 1. The van der Waals surface area contributed by atoms with Crippen LogP contribution in [0.3, 0.4) is 0 Å². The van der Waals surface area contributed by atoms with Crippen molar-refractivity contribution in [3.8, 4) is 0 Å². The zero-order valence-electron chi connectivity index (χ0n) is 14.8. The van der Waals surface area contributed by atoms with Gasteiger partial charge in [-0.15, -0.1) is 0 Å². The number of amides is 3. The number of carbonyl (C=O) groups excluding carboxylic acids is 3. The van der Waals surface area contributed by atoms with E-state index < -0.39 is 36.0 Å². The Labute approximate surface area is 158 Å². The van der Waals surface area contributed by atoms with E-state index in [1.165, 1.54) is 43.3 Å². The molecule has 2 aromatic rings. The fourth-order valence-electron chi connectivity index (χ4n) is 2.60. The zero-order valence-corrected chi connectivity index (χ0v) is 14.8. The Morgan fingerprint density at radius 1 is 1.07 bits per heavy atom. The number of anilines is 1. The van der Waals surface area contributed by atoms with Crippen LogP contribution in [0.25, 0.3) is 0 Å². The van der Waals surface area contributed by atoms with Crippen molar-refractivity contribution in [3.63, 3.8) is 0 Å². The van der Waals surface area contributed by atoms with Gasteiger partial charge >= 0.3 is 6.18 Å². The first-order valence-corrected chi connectivity index (χ1v) is 8.21. The molecule has 0 bridgehead atoms. The highest BCUT2D eigenvalue weighted by atomic mass is 19.4. The first-order chi connectivity index (χ1) is 13.1. The topological polar surface area (TPSA) is 101 Å². The van der Waals surface area contributed by atoms with Crippen LogP contribution in [0.4, 0.5) is 18.9 Å². The molecule has 0 aromatic heterocycles. The van der Waals surface area contributed by atoms with Gasteiger partial charge in [-0.2, -0.15) is 13.2 Å². The Balaban J connectivity index is 2.22. The molecule has 0 aliphatic heterocycles. The minimum Gasteiger partial charge on any atom is -0.368 e. The second kappa shape index (κ2) is 8.55. The number of rotatable bonds is 6. The number of hydrogen-bond acceptors (Lipinski definition) is 3. The molecule has 1 atom stereocenters. The average Bonchev–Trinajstić information content (AvgIpc) is 2.60. The third-order valence-electron chi connectivity index (χ3n) is 3.84. The summed E-state index contributed by atoms with van der Waals surface area (Å²) in [5, 5.41) is 4.85. The van der Waals surface area contributed by atoms with Gasteiger partial charge < -0.3 is 16.4 Å².